The first-order chi connectivity index (χ1) is 9.24. The molecule has 0 unspecified atom stereocenters. The Hall–Kier alpha value is 0.300. The van der Waals surface area contributed by atoms with Crippen LogP contribution in [-0.2, 0) is 0 Å². The number of hydrogen-bond donors (Lipinski definition) is 1. The van der Waals surface area contributed by atoms with Crippen LogP contribution in [0.2, 0.25) is 10.0 Å². The van der Waals surface area contributed by atoms with Crippen LogP contribution in [0.25, 0.3) is 0 Å². The number of rotatable bonds is 4. The van der Waals surface area contributed by atoms with E-state index in [-0.39, 0.29) is 24.8 Å². The van der Waals surface area contributed by atoms with E-state index in [0.29, 0.717) is 6.04 Å². The molecule has 0 amide bonds. The third kappa shape index (κ3) is 5.16. The van der Waals surface area contributed by atoms with Gasteiger partial charge in [-0.15, -0.1) is 24.8 Å². The van der Waals surface area contributed by atoms with Gasteiger partial charge in [-0.1, -0.05) is 42.1 Å². The molecule has 1 saturated heterocycles. The Morgan fingerprint density at radius 3 is 2.38 bits per heavy atom. The van der Waals surface area contributed by atoms with E-state index in [1.165, 1.54) is 24.8 Å². The highest BCUT2D eigenvalue weighted by molar-refractivity contribution is 6.35. The van der Waals surface area contributed by atoms with Gasteiger partial charge in [-0.05, 0) is 30.0 Å². The van der Waals surface area contributed by atoms with Gasteiger partial charge in [0.05, 0.1) is 0 Å². The van der Waals surface area contributed by atoms with Crippen molar-refractivity contribution in [3.05, 3.63) is 33.8 Å². The van der Waals surface area contributed by atoms with E-state index in [2.05, 4.69) is 16.3 Å². The van der Waals surface area contributed by atoms with Gasteiger partial charge in [-0.2, -0.15) is 0 Å². The van der Waals surface area contributed by atoms with Crippen molar-refractivity contribution in [1.29, 1.82) is 0 Å². The Morgan fingerprint density at radius 1 is 1.14 bits per heavy atom. The summed E-state index contributed by atoms with van der Waals surface area (Å²) < 4.78 is 0. The fourth-order valence-electron chi connectivity index (χ4n) is 2.91. The van der Waals surface area contributed by atoms with Crippen LogP contribution in [-0.4, -0.2) is 31.1 Å². The first kappa shape index (κ1) is 19.3. The minimum absolute atomic E-state index is 0. The molecule has 2 aliphatic rings. The molecule has 120 valence electrons. The minimum atomic E-state index is 0. The normalized spacial score (nSPS) is 20.3. The molecule has 2 nitrogen and oxygen atoms in total. The molecule has 1 atom stereocenters. The number of piperazine rings is 1. The summed E-state index contributed by atoms with van der Waals surface area (Å²) in [6.07, 6.45) is 4.00. The van der Waals surface area contributed by atoms with E-state index in [1.807, 2.05) is 12.1 Å². The monoisotopic (exact) mass is 370 g/mol. The molecule has 21 heavy (non-hydrogen) atoms. The van der Waals surface area contributed by atoms with Gasteiger partial charge in [0.25, 0.3) is 0 Å². The van der Waals surface area contributed by atoms with E-state index in [0.717, 1.165) is 42.1 Å². The van der Waals surface area contributed by atoms with Crippen LogP contribution in [0.1, 0.15) is 30.9 Å². The molecule has 0 spiro atoms. The molecule has 0 bridgehead atoms. The minimum Gasteiger partial charge on any atom is -0.314 e. The lowest BCUT2D eigenvalue weighted by Crippen LogP contribution is -2.45. The van der Waals surface area contributed by atoms with E-state index in [1.54, 1.807) is 0 Å². The summed E-state index contributed by atoms with van der Waals surface area (Å²) in [6, 6.07) is 6.41. The second kappa shape index (κ2) is 8.81. The molecular formula is C15H22Cl4N2. The van der Waals surface area contributed by atoms with Gasteiger partial charge in [0.15, 0.2) is 0 Å². The average molecular weight is 372 g/mol. The number of benzene rings is 1. The largest absolute Gasteiger partial charge is 0.314 e. The molecule has 3 rings (SSSR count). The third-order valence-electron chi connectivity index (χ3n) is 4.17. The lowest BCUT2D eigenvalue weighted by Gasteiger charge is -2.36. The predicted molar refractivity (Wildman–Crippen MR) is 95.5 cm³/mol. The molecule has 6 heteroatoms. The van der Waals surface area contributed by atoms with Crippen LogP contribution in [0.15, 0.2) is 18.2 Å². The first-order valence-corrected chi connectivity index (χ1v) is 7.89. The van der Waals surface area contributed by atoms with Crippen molar-refractivity contribution in [3.63, 3.8) is 0 Å². The Kier molecular flexibility index (Phi) is 8.11. The second-order valence-corrected chi connectivity index (χ2v) is 6.49. The van der Waals surface area contributed by atoms with Gasteiger partial charge < -0.3 is 5.32 Å². The Labute approximate surface area is 149 Å². The van der Waals surface area contributed by atoms with Crippen molar-refractivity contribution >= 4 is 48.0 Å². The van der Waals surface area contributed by atoms with E-state index >= 15 is 0 Å². The zero-order valence-electron chi connectivity index (χ0n) is 11.9. The quantitative estimate of drug-likeness (QED) is 0.832. The predicted octanol–water partition coefficient (Wildman–Crippen LogP) is 4.58. The van der Waals surface area contributed by atoms with Crippen molar-refractivity contribution in [2.24, 2.45) is 5.92 Å². The highest BCUT2D eigenvalue weighted by Gasteiger charge is 2.31. The van der Waals surface area contributed by atoms with E-state index < -0.39 is 0 Å². The summed E-state index contributed by atoms with van der Waals surface area (Å²) in [5.41, 5.74) is 1.25. The number of hydrogen-bond acceptors (Lipinski definition) is 2. The summed E-state index contributed by atoms with van der Waals surface area (Å²) >= 11 is 12.4. The zero-order chi connectivity index (χ0) is 13.2. The van der Waals surface area contributed by atoms with Crippen molar-refractivity contribution in [3.8, 4) is 0 Å². The lowest BCUT2D eigenvalue weighted by atomic mass is 9.98. The molecule has 1 saturated carbocycles. The van der Waals surface area contributed by atoms with Gasteiger partial charge >= 0.3 is 0 Å². The van der Waals surface area contributed by atoms with Gasteiger partial charge in [0.2, 0.25) is 0 Å². The van der Waals surface area contributed by atoms with E-state index in [4.69, 9.17) is 23.2 Å². The Morgan fingerprint density at radius 2 is 1.81 bits per heavy atom. The maximum atomic E-state index is 6.42. The fourth-order valence-corrected chi connectivity index (χ4v) is 3.44. The van der Waals surface area contributed by atoms with Crippen LogP contribution in [0.4, 0.5) is 0 Å². The van der Waals surface area contributed by atoms with Gasteiger partial charge in [-0.25, -0.2) is 0 Å². The topological polar surface area (TPSA) is 15.3 Å². The third-order valence-corrected chi connectivity index (χ3v) is 4.73. The zero-order valence-corrected chi connectivity index (χ0v) is 15.0. The molecule has 2 fully saturated rings. The van der Waals surface area contributed by atoms with Crippen molar-refractivity contribution in [1.82, 2.24) is 10.2 Å². The molecule has 1 aromatic carbocycles. The van der Waals surface area contributed by atoms with Crippen LogP contribution in [0.5, 0.6) is 0 Å². The summed E-state index contributed by atoms with van der Waals surface area (Å²) in [6.45, 7) is 4.37. The number of nitrogens with one attached hydrogen (secondary N) is 1. The molecule has 1 N–H and O–H groups in total. The van der Waals surface area contributed by atoms with Crippen LogP contribution in [0, 0.1) is 5.92 Å². The number of nitrogens with zero attached hydrogens (tertiary/aromatic N) is 1. The van der Waals surface area contributed by atoms with Crippen molar-refractivity contribution < 1.29 is 0 Å². The molecule has 1 aliphatic heterocycles. The SMILES string of the molecule is Cl.Cl.Clc1ccc([C@@H](CC2CC2)N2CCNCC2)c(Cl)c1. The Bertz CT molecular complexity index is 445. The van der Waals surface area contributed by atoms with Gasteiger partial charge in [-0.3, -0.25) is 4.90 Å². The van der Waals surface area contributed by atoms with Crippen LogP contribution >= 0.6 is 48.0 Å². The fraction of sp³-hybridized carbons (Fsp3) is 0.600. The van der Waals surface area contributed by atoms with E-state index in [9.17, 15) is 0 Å². The number of halogens is 4. The summed E-state index contributed by atoms with van der Waals surface area (Å²) in [4.78, 5) is 2.57. The highest BCUT2D eigenvalue weighted by Crippen LogP contribution is 2.42. The maximum Gasteiger partial charge on any atom is 0.0468 e. The summed E-state index contributed by atoms with van der Waals surface area (Å²) in [7, 11) is 0. The molecule has 1 aromatic rings. The summed E-state index contributed by atoms with van der Waals surface area (Å²) in [5.74, 6) is 0.895. The van der Waals surface area contributed by atoms with Gasteiger partial charge in [0.1, 0.15) is 0 Å². The maximum absolute atomic E-state index is 6.42. The molecule has 0 aromatic heterocycles. The second-order valence-electron chi connectivity index (χ2n) is 5.65. The smallest absolute Gasteiger partial charge is 0.0468 e. The van der Waals surface area contributed by atoms with Crippen LogP contribution in [0.3, 0.4) is 0 Å². The molecule has 0 radical (unpaired) electrons. The van der Waals surface area contributed by atoms with Crippen molar-refractivity contribution in [2.45, 2.75) is 25.3 Å². The lowest BCUT2D eigenvalue weighted by molar-refractivity contribution is 0.160. The first-order valence-electron chi connectivity index (χ1n) is 7.14. The summed E-state index contributed by atoms with van der Waals surface area (Å²) in [5, 5.41) is 4.96. The van der Waals surface area contributed by atoms with Crippen molar-refractivity contribution in [2.75, 3.05) is 26.2 Å². The van der Waals surface area contributed by atoms with Crippen LogP contribution < -0.4 is 5.32 Å². The Balaban J connectivity index is 0.00000110. The highest BCUT2D eigenvalue weighted by atomic mass is 35.5. The molecule has 1 aliphatic carbocycles. The molecule has 1 heterocycles. The molecular weight excluding hydrogens is 350 g/mol. The van der Waals surface area contributed by atoms with Gasteiger partial charge in [0, 0.05) is 42.3 Å². The standard InChI is InChI=1S/C15H20Cl2N2.2ClH/c16-12-3-4-13(14(17)10-12)15(9-11-1-2-11)19-7-5-18-6-8-19;;/h3-4,10-11,15,18H,1-2,5-9H2;2*1H/t15-;;/m1../s1. The average Bonchev–Trinajstić information content (AvgIpc) is 3.22.